The molecule has 3 rings (SSSR count). The fraction of sp³-hybridized carbons (Fsp3) is 0.304. The first kappa shape index (κ1) is 25.2. The van der Waals surface area contributed by atoms with Crippen LogP contribution in [0.15, 0.2) is 42.5 Å². The number of benzene rings is 2. The summed E-state index contributed by atoms with van der Waals surface area (Å²) in [6.45, 7) is 5.40. The van der Waals surface area contributed by atoms with Crippen LogP contribution in [-0.4, -0.2) is 29.3 Å². The number of ether oxygens (including phenoxy) is 2. The summed E-state index contributed by atoms with van der Waals surface area (Å²) in [4.78, 5) is 12.6. The van der Waals surface area contributed by atoms with Crippen LogP contribution in [-0.2, 0) is 13.1 Å². The Bertz CT molecular complexity index is 1070. The number of rotatable bonds is 9. The molecular formula is C23H28ClFN4O3. The smallest absolute Gasteiger partial charge is 0.251 e. The SMILES string of the molecule is COc1ccc(C(=O)NCCCn2nc(C)cc2C)cc1Oc1ccc(CN)cc1F.Cl. The van der Waals surface area contributed by atoms with Crippen molar-refractivity contribution >= 4 is 18.3 Å². The van der Waals surface area contributed by atoms with E-state index >= 15 is 0 Å². The third-order valence-corrected chi connectivity index (χ3v) is 4.81. The van der Waals surface area contributed by atoms with Crippen molar-refractivity contribution in [1.29, 1.82) is 0 Å². The molecule has 0 unspecified atom stereocenters. The predicted molar refractivity (Wildman–Crippen MR) is 123 cm³/mol. The second kappa shape index (κ2) is 11.5. The average Bonchev–Trinajstić information content (AvgIpc) is 3.09. The van der Waals surface area contributed by atoms with Crippen LogP contribution in [0.1, 0.15) is 33.7 Å². The second-order valence-electron chi connectivity index (χ2n) is 7.20. The van der Waals surface area contributed by atoms with Crippen molar-refractivity contribution in [3.05, 3.63) is 70.8 Å². The van der Waals surface area contributed by atoms with Gasteiger partial charge >= 0.3 is 0 Å². The molecule has 1 amide bonds. The van der Waals surface area contributed by atoms with E-state index in [9.17, 15) is 9.18 Å². The number of hydrogen-bond acceptors (Lipinski definition) is 5. The van der Waals surface area contributed by atoms with Crippen molar-refractivity contribution in [2.45, 2.75) is 33.4 Å². The molecule has 0 aliphatic carbocycles. The minimum Gasteiger partial charge on any atom is -0.493 e. The molecular weight excluding hydrogens is 435 g/mol. The van der Waals surface area contributed by atoms with Crippen LogP contribution in [0.5, 0.6) is 17.2 Å². The lowest BCUT2D eigenvalue weighted by Crippen LogP contribution is -2.25. The largest absolute Gasteiger partial charge is 0.493 e. The van der Waals surface area contributed by atoms with Gasteiger partial charge in [0.15, 0.2) is 23.1 Å². The van der Waals surface area contributed by atoms with Crippen LogP contribution in [0, 0.1) is 19.7 Å². The molecule has 0 aliphatic heterocycles. The molecule has 0 saturated heterocycles. The number of amides is 1. The Hall–Kier alpha value is -3.10. The number of nitrogens with two attached hydrogens (primary N) is 1. The molecule has 0 atom stereocenters. The molecule has 1 aromatic heterocycles. The van der Waals surface area contributed by atoms with E-state index in [0.717, 1.165) is 24.4 Å². The normalized spacial score (nSPS) is 10.4. The van der Waals surface area contributed by atoms with E-state index in [-0.39, 0.29) is 36.4 Å². The molecule has 0 fully saturated rings. The van der Waals surface area contributed by atoms with Crippen molar-refractivity contribution in [2.24, 2.45) is 5.73 Å². The Morgan fingerprint density at radius 1 is 1.12 bits per heavy atom. The zero-order valence-corrected chi connectivity index (χ0v) is 19.2. The Balaban J connectivity index is 0.00000363. The van der Waals surface area contributed by atoms with E-state index < -0.39 is 5.82 Å². The van der Waals surface area contributed by atoms with Crippen LogP contribution in [0.25, 0.3) is 0 Å². The van der Waals surface area contributed by atoms with Crippen molar-refractivity contribution < 1.29 is 18.7 Å². The maximum atomic E-state index is 14.3. The fourth-order valence-electron chi connectivity index (χ4n) is 3.20. The van der Waals surface area contributed by atoms with Gasteiger partial charge in [0.25, 0.3) is 5.91 Å². The van der Waals surface area contributed by atoms with Crippen molar-refractivity contribution in [3.63, 3.8) is 0 Å². The van der Waals surface area contributed by atoms with Crippen LogP contribution >= 0.6 is 12.4 Å². The minimum atomic E-state index is -0.538. The predicted octanol–water partition coefficient (Wildman–Crippen LogP) is 4.14. The Kier molecular flexibility index (Phi) is 9.04. The van der Waals surface area contributed by atoms with Crippen LogP contribution < -0.4 is 20.5 Å². The van der Waals surface area contributed by atoms with Gasteiger partial charge in [-0.3, -0.25) is 9.48 Å². The van der Waals surface area contributed by atoms with Gasteiger partial charge in [0.1, 0.15) is 0 Å². The summed E-state index contributed by atoms with van der Waals surface area (Å²) in [5, 5.41) is 7.30. The highest BCUT2D eigenvalue weighted by atomic mass is 35.5. The number of aromatic nitrogens is 2. The van der Waals surface area contributed by atoms with Gasteiger partial charge in [0, 0.05) is 30.9 Å². The van der Waals surface area contributed by atoms with Gasteiger partial charge in [-0.2, -0.15) is 5.10 Å². The highest BCUT2D eigenvalue weighted by molar-refractivity contribution is 5.94. The summed E-state index contributed by atoms with van der Waals surface area (Å²) in [5.41, 5.74) is 8.65. The lowest BCUT2D eigenvalue weighted by Gasteiger charge is -2.13. The summed E-state index contributed by atoms with van der Waals surface area (Å²) < 4.78 is 27.2. The summed E-state index contributed by atoms with van der Waals surface area (Å²) in [5.74, 6) is -0.123. The zero-order chi connectivity index (χ0) is 22.4. The number of halogens is 2. The lowest BCUT2D eigenvalue weighted by atomic mass is 10.1. The first-order valence-electron chi connectivity index (χ1n) is 10.0. The van der Waals surface area contributed by atoms with Gasteiger partial charge in [-0.05, 0) is 62.2 Å². The standard InChI is InChI=1S/C23H27FN4O3.ClH/c1-15-11-16(2)28(27-15)10-4-9-26-23(29)18-6-8-21(30-3)22(13-18)31-20-7-5-17(14-25)12-19(20)24;/h5-8,11-13H,4,9-10,14,25H2,1-3H3,(H,26,29);1H. The summed E-state index contributed by atoms with van der Waals surface area (Å²) in [7, 11) is 1.48. The molecule has 2 aromatic carbocycles. The van der Waals surface area contributed by atoms with Gasteiger partial charge in [0.05, 0.1) is 12.8 Å². The number of hydrogen-bond donors (Lipinski definition) is 2. The van der Waals surface area contributed by atoms with Crippen LogP contribution in [0.4, 0.5) is 4.39 Å². The Morgan fingerprint density at radius 3 is 2.50 bits per heavy atom. The summed E-state index contributed by atoms with van der Waals surface area (Å²) >= 11 is 0. The quantitative estimate of drug-likeness (QED) is 0.466. The molecule has 7 nitrogen and oxygen atoms in total. The first-order chi connectivity index (χ1) is 14.9. The number of carbonyl (C=O) groups excluding carboxylic acids is 1. The van der Waals surface area contributed by atoms with Gasteiger partial charge in [-0.15, -0.1) is 12.4 Å². The summed E-state index contributed by atoms with van der Waals surface area (Å²) in [6, 6.07) is 11.3. The molecule has 3 aromatic rings. The minimum absolute atomic E-state index is 0. The third-order valence-electron chi connectivity index (χ3n) is 4.81. The maximum Gasteiger partial charge on any atom is 0.251 e. The molecule has 3 N–H and O–H groups in total. The Labute approximate surface area is 193 Å². The zero-order valence-electron chi connectivity index (χ0n) is 18.4. The highest BCUT2D eigenvalue weighted by Crippen LogP contribution is 2.33. The number of nitrogens with zero attached hydrogens (tertiary/aromatic N) is 2. The number of methoxy groups -OCH3 is 1. The lowest BCUT2D eigenvalue weighted by molar-refractivity contribution is 0.0952. The number of aryl methyl sites for hydroxylation is 3. The van der Waals surface area contributed by atoms with Crippen molar-refractivity contribution in [1.82, 2.24) is 15.1 Å². The average molecular weight is 463 g/mol. The third kappa shape index (κ3) is 6.21. The summed E-state index contributed by atoms with van der Waals surface area (Å²) in [6.07, 6.45) is 0.742. The maximum absolute atomic E-state index is 14.3. The topological polar surface area (TPSA) is 91.4 Å². The van der Waals surface area contributed by atoms with Gasteiger partial charge in [-0.25, -0.2) is 4.39 Å². The fourth-order valence-corrected chi connectivity index (χ4v) is 3.20. The molecule has 0 aliphatic rings. The van der Waals surface area contributed by atoms with E-state index in [4.69, 9.17) is 15.2 Å². The monoisotopic (exact) mass is 462 g/mol. The van der Waals surface area contributed by atoms with Crippen molar-refractivity contribution in [3.8, 4) is 17.2 Å². The number of carbonyl (C=O) groups is 1. The second-order valence-corrected chi connectivity index (χ2v) is 7.20. The first-order valence-corrected chi connectivity index (χ1v) is 10.0. The molecule has 0 bridgehead atoms. The van der Waals surface area contributed by atoms with Gasteiger partial charge in [0.2, 0.25) is 0 Å². The Morgan fingerprint density at radius 2 is 1.88 bits per heavy atom. The van der Waals surface area contributed by atoms with Crippen molar-refractivity contribution in [2.75, 3.05) is 13.7 Å². The molecule has 1 heterocycles. The van der Waals surface area contributed by atoms with E-state index in [2.05, 4.69) is 10.4 Å². The molecule has 0 radical (unpaired) electrons. The molecule has 0 saturated carbocycles. The highest BCUT2D eigenvalue weighted by Gasteiger charge is 2.14. The van der Waals surface area contributed by atoms with E-state index in [0.29, 0.717) is 23.4 Å². The van der Waals surface area contributed by atoms with E-state index in [1.807, 2.05) is 24.6 Å². The van der Waals surface area contributed by atoms with Gasteiger partial charge < -0.3 is 20.5 Å². The molecule has 9 heteroatoms. The number of nitrogens with one attached hydrogen (secondary N) is 1. The van der Waals surface area contributed by atoms with Crippen LogP contribution in [0.2, 0.25) is 0 Å². The van der Waals surface area contributed by atoms with E-state index in [1.54, 1.807) is 18.2 Å². The molecule has 32 heavy (non-hydrogen) atoms. The molecule has 0 spiro atoms. The van der Waals surface area contributed by atoms with Crippen LogP contribution in [0.3, 0.4) is 0 Å². The van der Waals surface area contributed by atoms with E-state index in [1.165, 1.54) is 25.3 Å². The van der Waals surface area contributed by atoms with Gasteiger partial charge in [-0.1, -0.05) is 6.07 Å². The molecule has 172 valence electrons.